The summed E-state index contributed by atoms with van der Waals surface area (Å²) >= 11 is 3.62. The van der Waals surface area contributed by atoms with Crippen LogP contribution in [0.5, 0.6) is 0 Å². The molecule has 106 valence electrons. The van der Waals surface area contributed by atoms with Gasteiger partial charge in [0.15, 0.2) is 0 Å². The molecule has 1 aliphatic rings. The number of nitrogens with zero attached hydrogens (tertiary/aromatic N) is 2. The predicted molar refractivity (Wildman–Crippen MR) is 82.5 cm³/mol. The van der Waals surface area contributed by atoms with Crippen LogP contribution in [0.3, 0.4) is 0 Å². The highest BCUT2D eigenvalue weighted by Gasteiger charge is 2.39. The number of nitrogen functional groups attached to an aromatic ring is 1. The average molecular weight is 328 g/mol. The van der Waals surface area contributed by atoms with Crippen molar-refractivity contribution in [3.8, 4) is 0 Å². The third kappa shape index (κ3) is 3.03. The monoisotopic (exact) mass is 327 g/mol. The molecule has 0 unspecified atom stereocenters. The number of halogens is 1. The lowest BCUT2D eigenvalue weighted by Gasteiger charge is -2.47. The van der Waals surface area contributed by atoms with E-state index in [1.165, 1.54) is 0 Å². The van der Waals surface area contributed by atoms with Crippen LogP contribution in [-0.2, 0) is 4.74 Å². The molecule has 0 bridgehead atoms. The third-order valence-corrected chi connectivity index (χ3v) is 4.23. The van der Waals surface area contributed by atoms with Crippen molar-refractivity contribution in [2.45, 2.75) is 45.8 Å². The summed E-state index contributed by atoms with van der Waals surface area (Å²) in [4.78, 5) is 6.76. The van der Waals surface area contributed by atoms with Crippen LogP contribution in [0.15, 0.2) is 10.7 Å². The van der Waals surface area contributed by atoms with Gasteiger partial charge < -0.3 is 15.4 Å². The Bertz CT molecular complexity index is 484. The Kier molecular flexibility index (Phi) is 3.56. The Morgan fingerprint density at radius 3 is 2.32 bits per heavy atom. The SMILES string of the molecule is Cc1c(N)cnc(N2CC(C)(C)OC(C)(C)C2)c1Br. The fraction of sp³-hybridized carbons (Fsp3) is 0.643. The molecule has 1 aromatic heterocycles. The van der Waals surface area contributed by atoms with E-state index in [1.807, 2.05) is 6.92 Å². The van der Waals surface area contributed by atoms with Gasteiger partial charge in [-0.15, -0.1) is 0 Å². The van der Waals surface area contributed by atoms with Crippen molar-refractivity contribution in [2.75, 3.05) is 23.7 Å². The summed E-state index contributed by atoms with van der Waals surface area (Å²) < 4.78 is 7.07. The molecule has 1 saturated heterocycles. The minimum Gasteiger partial charge on any atom is -0.397 e. The Hall–Kier alpha value is -0.810. The first-order chi connectivity index (χ1) is 8.61. The summed E-state index contributed by atoms with van der Waals surface area (Å²) in [6.45, 7) is 12.1. The molecule has 0 amide bonds. The molecule has 0 radical (unpaired) electrons. The van der Waals surface area contributed by atoms with Crippen LogP contribution in [0.1, 0.15) is 33.3 Å². The summed E-state index contributed by atoms with van der Waals surface area (Å²) in [7, 11) is 0. The molecule has 4 nitrogen and oxygen atoms in total. The molecule has 2 rings (SSSR count). The minimum atomic E-state index is -0.196. The van der Waals surface area contributed by atoms with Gasteiger partial charge in [0.05, 0.1) is 27.6 Å². The van der Waals surface area contributed by atoms with E-state index in [2.05, 4.69) is 53.5 Å². The summed E-state index contributed by atoms with van der Waals surface area (Å²) in [6.07, 6.45) is 1.73. The summed E-state index contributed by atoms with van der Waals surface area (Å²) in [5, 5.41) is 0. The highest BCUT2D eigenvalue weighted by Crippen LogP contribution is 2.36. The van der Waals surface area contributed by atoms with E-state index in [0.29, 0.717) is 5.69 Å². The molecular weight excluding hydrogens is 306 g/mol. The summed E-state index contributed by atoms with van der Waals surface area (Å²) in [5.74, 6) is 0.941. The fourth-order valence-electron chi connectivity index (χ4n) is 2.74. The van der Waals surface area contributed by atoms with Crippen LogP contribution in [0.4, 0.5) is 11.5 Å². The number of rotatable bonds is 1. The smallest absolute Gasteiger partial charge is 0.143 e. The van der Waals surface area contributed by atoms with Crippen LogP contribution in [0.2, 0.25) is 0 Å². The molecule has 19 heavy (non-hydrogen) atoms. The molecule has 1 aliphatic heterocycles. The second kappa shape index (κ2) is 4.63. The van der Waals surface area contributed by atoms with Crippen molar-refractivity contribution >= 4 is 27.4 Å². The zero-order chi connectivity index (χ0) is 14.4. The number of hydrogen-bond acceptors (Lipinski definition) is 4. The van der Waals surface area contributed by atoms with Crippen LogP contribution in [0.25, 0.3) is 0 Å². The standard InChI is InChI=1S/C14H22BrN3O/c1-9-10(16)6-17-12(11(9)15)18-7-13(2,3)19-14(4,5)8-18/h6H,7-8,16H2,1-5H3. The fourth-order valence-corrected chi connectivity index (χ4v) is 3.32. The van der Waals surface area contributed by atoms with Gasteiger partial charge in [-0.3, -0.25) is 0 Å². The van der Waals surface area contributed by atoms with Gasteiger partial charge in [-0.1, -0.05) is 0 Å². The quantitative estimate of drug-likeness (QED) is 0.860. The van der Waals surface area contributed by atoms with Gasteiger partial charge in [-0.05, 0) is 56.1 Å². The van der Waals surface area contributed by atoms with Gasteiger partial charge in [0.2, 0.25) is 0 Å². The Balaban J connectivity index is 2.39. The van der Waals surface area contributed by atoms with Crippen molar-refractivity contribution < 1.29 is 4.74 Å². The van der Waals surface area contributed by atoms with Crippen molar-refractivity contribution in [3.05, 3.63) is 16.2 Å². The number of hydrogen-bond donors (Lipinski definition) is 1. The van der Waals surface area contributed by atoms with E-state index in [-0.39, 0.29) is 11.2 Å². The van der Waals surface area contributed by atoms with Crippen molar-refractivity contribution in [3.63, 3.8) is 0 Å². The maximum Gasteiger partial charge on any atom is 0.143 e. The number of ether oxygens (including phenoxy) is 1. The maximum absolute atomic E-state index is 6.10. The van der Waals surface area contributed by atoms with E-state index in [9.17, 15) is 0 Å². The van der Waals surface area contributed by atoms with Crippen molar-refractivity contribution in [1.29, 1.82) is 0 Å². The van der Waals surface area contributed by atoms with Crippen LogP contribution in [0, 0.1) is 6.92 Å². The third-order valence-electron chi connectivity index (χ3n) is 3.28. The lowest BCUT2D eigenvalue weighted by Crippen LogP contribution is -2.57. The normalized spacial score (nSPS) is 21.5. The van der Waals surface area contributed by atoms with Gasteiger partial charge in [-0.25, -0.2) is 4.98 Å². The first-order valence-electron chi connectivity index (χ1n) is 6.47. The molecule has 2 N–H and O–H groups in total. The van der Waals surface area contributed by atoms with Gasteiger partial charge >= 0.3 is 0 Å². The van der Waals surface area contributed by atoms with E-state index >= 15 is 0 Å². The number of pyridine rings is 1. The second-order valence-corrected chi connectivity index (χ2v) is 7.25. The first-order valence-corrected chi connectivity index (χ1v) is 7.26. The molecule has 2 heterocycles. The van der Waals surface area contributed by atoms with Gasteiger partial charge in [0.25, 0.3) is 0 Å². The Labute approximate surface area is 123 Å². The van der Waals surface area contributed by atoms with E-state index in [1.54, 1.807) is 6.20 Å². The second-order valence-electron chi connectivity index (χ2n) is 6.45. The molecular formula is C14H22BrN3O. The summed E-state index contributed by atoms with van der Waals surface area (Å²) in [6, 6.07) is 0. The zero-order valence-corrected chi connectivity index (χ0v) is 13.8. The highest BCUT2D eigenvalue weighted by atomic mass is 79.9. The topological polar surface area (TPSA) is 51.4 Å². The Morgan fingerprint density at radius 1 is 1.26 bits per heavy atom. The molecule has 0 aliphatic carbocycles. The van der Waals surface area contributed by atoms with Crippen molar-refractivity contribution in [1.82, 2.24) is 4.98 Å². The first kappa shape index (κ1) is 14.6. The van der Waals surface area contributed by atoms with E-state index in [0.717, 1.165) is 28.9 Å². The molecule has 0 aromatic carbocycles. The van der Waals surface area contributed by atoms with E-state index in [4.69, 9.17) is 10.5 Å². The average Bonchev–Trinajstić information content (AvgIpc) is 2.21. The zero-order valence-electron chi connectivity index (χ0n) is 12.2. The van der Waals surface area contributed by atoms with Gasteiger partial charge in [-0.2, -0.15) is 0 Å². The molecule has 1 aromatic rings. The molecule has 1 fully saturated rings. The highest BCUT2D eigenvalue weighted by molar-refractivity contribution is 9.10. The van der Waals surface area contributed by atoms with Crippen LogP contribution >= 0.6 is 15.9 Å². The largest absolute Gasteiger partial charge is 0.397 e. The number of nitrogens with two attached hydrogens (primary N) is 1. The molecule has 0 spiro atoms. The number of morpholine rings is 1. The maximum atomic E-state index is 6.10. The minimum absolute atomic E-state index is 0.196. The number of anilines is 2. The molecule has 0 saturated carbocycles. The van der Waals surface area contributed by atoms with Gasteiger partial charge in [0, 0.05) is 13.1 Å². The van der Waals surface area contributed by atoms with Gasteiger partial charge in [0.1, 0.15) is 5.82 Å². The van der Waals surface area contributed by atoms with Crippen molar-refractivity contribution in [2.24, 2.45) is 0 Å². The molecule has 0 atom stereocenters. The van der Waals surface area contributed by atoms with E-state index < -0.39 is 0 Å². The Morgan fingerprint density at radius 2 is 1.79 bits per heavy atom. The predicted octanol–water partition coefficient (Wildman–Crippen LogP) is 3.13. The van der Waals surface area contributed by atoms with Crippen LogP contribution < -0.4 is 10.6 Å². The van der Waals surface area contributed by atoms with Crippen LogP contribution in [-0.4, -0.2) is 29.3 Å². The lowest BCUT2D eigenvalue weighted by atomic mass is 9.99. The number of aromatic nitrogens is 1. The lowest BCUT2D eigenvalue weighted by molar-refractivity contribution is -0.133. The summed E-state index contributed by atoms with van der Waals surface area (Å²) in [5.41, 5.74) is 7.24. The molecule has 5 heteroatoms.